The van der Waals surface area contributed by atoms with Crippen molar-refractivity contribution in [2.45, 2.75) is 6.54 Å². The first-order valence-corrected chi connectivity index (χ1v) is 5.79. The number of hydrogen-bond acceptors (Lipinski definition) is 4. The summed E-state index contributed by atoms with van der Waals surface area (Å²) in [5, 5.41) is 13.7. The lowest BCUT2D eigenvalue weighted by Gasteiger charge is -2.09. The Kier molecular flexibility index (Phi) is 3.99. The number of benzene rings is 1. The highest BCUT2D eigenvalue weighted by molar-refractivity contribution is 5.86. The summed E-state index contributed by atoms with van der Waals surface area (Å²) in [4.78, 5) is 14.5. The van der Waals surface area contributed by atoms with Gasteiger partial charge >= 0.3 is 6.09 Å². The van der Waals surface area contributed by atoms with Crippen LogP contribution in [0.4, 0.5) is 26.5 Å². The Morgan fingerprint density at radius 3 is 2.55 bits per heavy atom. The third-order valence-corrected chi connectivity index (χ3v) is 2.55. The van der Waals surface area contributed by atoms with Crippen molar-refractivity contribution in [1.82, 2.24) is 4.98 Å². The first-order chi connectivity index (χ1) is 9.54. The van der Waals surface area contributed by atoms with Crippen molar-refractivity contribution in [3.8, 4) is 0 Å². The Morgan fingerprint density at radius 1 is 1.25 bits per heavy atom. The van der Waals surface area contributed by atoms with Gasteiger partial charge in [0.05, 0.1) is 5.69 Å². The fraction of sp³-hybridized carbons (Fsp3) is 0.0769. The summed E-state index contributed by atoms with van der Waals surface area (Å²) in [7, 11) is 0. The van der Waals surface area contributed by atoms with E-state index in [0.717, 1.165) is 5.56 Å². The van der Waals surface area contributed by atoms with Gasteiger partial charge in [-0.2, -0.15) is 0 Å². The maximum absolute atomic E-state index is 12.7. The zero-order chi connectivity index (χ0) is 14.5. The molecule has 0 atom stereocenters. The smallest absolute Gasteiger partial charge is 0.409 e. The van der Waals surface area contributed by atoms with Crippen LogP contribution in [-0.2, 0) is 6.54 Å². The number of amides is 1. The van der Waals surface area contributed by atoms with Crippen molar-refractivity contribution in [3.05, 3.63) is 47.8 Å². The summed E-state index contributed by atoms with van der Waals surface area (Å²) in [6.07, 6.45) is -1.20. The molecule has 2 rings (SSSR count). The number of nitrogens with zero attached hydrogens (tertiary/aromatic N) is 1. The van der Waals surface area contributed by atoms with E-state index in [4.69, 9.17) is 10.8 Å². The van der Waals surface area contributed by atoms with Crippen molar-refractivity contribution in [2.24, 2.45) is 0 Å². The molecule has 0 aliphatic heterocycles. The molecule has 0 unspecified atom stereocenters. The second-order valence-corrected chi connectivity index (χ2v) is 4.04. The molecule has 104 valence electrons. The number of nitrogens with two attached hydrogens (primary N) is 1. The van der Waals surface area contributed by atoms with Gasteiger partial charge < -0.3 is 16.2 Å². The largest absolute Gasteiger partial charge is 0.465 e. The third-order valence-electron chi connectivity index (χ3n) is 2.55. The highest BCUT2D eigenvalue weighted by atomic mass is 19.1. The van der Waals surface area contributed by atoms with Gasteiger partial charge in [0.15, 0.2) is 0 Å². The highest BCUT2D eigenvalue weighted by Gasteiger charge is 2.05. The zero-order valence-electron chi connectivity index (χ0n) is 10.4. The van der Waals surface area contributed by atoms with Crippen molar-refractivity contribution >= 4 is 23.4 Å². The molecule has 1 aromatic carbocycles. The first kappa shape index (κ1) is 13.6. The molecule has 1 heterocycles. The summed E-state index contributed by atoms with van der Waals surface area (Å²) < 4.78 is 12.7. The maximum atomic E-state index is 12.7. The number of halogens is 1. The van der Waals surface area contributed by atoms with E-state index in [1.54, 1.807) is 18.2 Å². The van der Waals surface area contributed by atoms with Crippen LogP contribution in [0.15, 0.2) is 36.4 Å². The molecule has 0 saturated heterocycles. The molecule has 2 aromatic rings. The molecule has 0 saturated carbocycles. The van der Waals surface area contributed by atoms with Crippen LogP contribution in [0.1, 0.15) is 5.56 Å². The van der Waals surface area contributed by atoms with Gasteiger partial charge in [-0.1, -0.05) is 12.1 Å². The van der Waals surface area contributed by atoms with Gasteiger partial charge in [-0.25, -0.2) is 14.2 Å². The number of nitrogens with one attached hydrogen (secondary N) is 2. The fourth-order valence-electron chi connectivity index (χ4n) is 1.59. The lowest BCUT2D eigenvalue weighted by atomic mass is 10.2. The van der Waals surface area contributed by atoms with Gasteiger partial charge in [0.2, 0.25) is 0 Å². The average molecular weight is 276 g/mol. The Bertz CT molecular complexity index is 616. The second kappa shape index (κ2) is 5.87. The minimum atomic E-state index is -1.20. The molecule has 5 N–H and O–H groups in total. The van der Waals surface area contributed by atoms with Crippen LogP contribution in [0, 0.1) is 5.82 Å². The molecule has 0 radical (unpaired) electrons. The van der Waals surface area contributed by atoms with Crippen LogP contribution < -0.4 is 16.4 Å². The summed E-state index contributed by atoms with van der Waals surface area (Å²) in [5.41, 5.74) is 6.75. The molecule has 6 nitrogen and oxygen atoms in total. The van der Waals surface area contributed by atoms with Gasteiger partial charge in [-0.3, -0.25) is 5.32 Å². The number of anilines is 3. The number of rotatable bonds is 4. The molecule has 20 heavy (non-hydrogen) atoms. The number of nitrogen functional groups attached to an aromatic ring is 1. The minimum absolute atomic E-state index is 0.0801. The average Bonchev–Trinajstić information content (AvgIpc) is 2.40. The Balaban J connectivity index is 2.01. The lowest BCUT2D eigenvalue weighted by molar-refractivity contribution is 0.210. The zero-order valence-corrected chi connectivity index (χ0v) is 10.4. The normalized spacial score (nSPS) is 10.1. The number of aromatic nitrogens is 1. The molecular formula is C13H13FN4O2. The standard InChI is InChI=1S/C13H13FN4O2/c14-9-3-1-8(2-4-9)7-16-11-6-5-10(12(15)18-11)17-13(19)20/h1-6,17H,7H2,(H,19,20)(H3,15,16,18). The monoisotopic (exact) mass is 276 g/mol. The van der Waals surface area contributed by atoms with Gasteiger partial charge in [-0.15, -0.1) is 0 Å². The van der Waals surface area contributed by atoms with Crippen molar-refractivity contribution in [1.29, 1.82) is 0 Å². The Labute approximate surface area is 114 Å². The number of pyridine rings is 1. The molecule has 0 spiro atoms. The molecule has 1 aromatic heterocycles. The SMILES string of the molecule is Nc1nc(NCc2ccc(F)cc2)ccc1NC(=O)O. The van der Waals surface area contributed by atoms with Gasteiger partial charge in [0.25, 0.3) is 0 Å². The molecule has 0 bridgehead atoms. The summed E-state index contributed by atoms with van der Waals surface area (Å²) >= 11 is 0. The van der Waals surface area contributed by atoms with Crippen LogP contribution in [-0.4, -0.2) is 16.2 Å². The van der Waals surface area contributed by atoms with E-state index in [1.807, 2.05) is 0 Å². The van der Waals surface area contributed by atoms with Crippen LogP contribution in [0.25, 0.3) is 0 Å². The molecule has 1 amide bonds. The third kappa shape index (κ3) is 3.58. The predicted octanol–water partition coefficient (Wildman–Crippen LogP) is 2.50. The predicted molar refractivity (Wildman–Crippen MR) is 74.0 cm³/mol. The Morgan fingerprint density at radius 2 is 1.95 bits per heavy atom. The van der Waals surface area contributed by atoms with Gasteiger partial charge in [0.1, 0.15) is 17.5 Å². The summed E-state index contributed by atoms with van der Waals surface area (Å²) in [5.74, 6) is 0.291. The number of hydrogen-bond donors (Lipinski definition) is 4. The molecule has 0 aliphatic carbocycles. The van der Waals surface area contributed by atoms with Crippen LogP contribution in [0.3, 0.4) is 0 Å². The topological polar surface area (TPSA) is 100 Å². The van der Waals surface area contributed by atoms with E-state index in [9.17, 15) is 9.18 Å². The molecule has 0 aliphatic rings. The van der Waals surface area contributed by atoms with Crippen LogP contribution in [0.2, 0.25) is 0 Å². The van der Waals surface area contributed by atoms with Gasteiger partial charge in [-0.05, 0) is 29.8 Å². The molecular weight excluding hydrogens is 263 g/mol. The summed E-state index contributed by atoms with van der Waals surface area (Å²) in [6, 6.07) is 9.18. The van der Waals surface area contributed by atoms with E-state index in [2.05, 4.69) is 15.6 Å². The van der Waals surface area contributed by atoms with Crippen molar-refractivity contribution < 1.29 is 14.3 Å². The van der Waals surface area contributed by atoms with Crippen molar-refractivity contribution in [3.63, 3.8) is 0 Å². The number of carbonyl (C=O) groups is 1. The second-order valence-electron chi connectivity index (χ2n) is 4.04. The van der Waals surface area contributed by atoms with E-state index >= 15 is 0 Å². The minimum Gasteiger partial charge on any atom is -0.465 e. The van der Waals surface area contributed by atoms with Crippen LogP contribution in [0.5, 0.6) is 0 Å². The molecule has 0 fully saturated rings. The van der Waals surface area contributed by atoms with E-state index in [-0.39, 0.29) is 17.3 Å². The number of carboxylic acid groups (broad SMARTS) is 1. The van der Waals surface area contributed by atoms with E-state index < -0.39 is 6.09 Å². The molecule has 7 heteroatoms. The lowest BCUT2D eigenvalue weighted by Crippen LogP contribution is -2.11. The Hall–Kier alpha value is -2.83. The fourth-order valence-corrected chi connectivity index (χ4v) is 1.59. The first-order valence-electron chi connectivity index (χ1n) is 5.79. The quantitative estimate of drug-likeness (QED) is 0.687. The highest BCUT2D eigenvalue weighted by Crippen LogP contribution is 2.19. The maximum Gasteiger partial charge on any atom is 0.409 e. The van der Waals surface area contributed by atoms with E-state index in [1.165, 1.54) is 18.2 Å². The summed E-state index contributed by atoms with van der Waals surface area (Å²) in [6.45, 7) is 0.457. The van der Waals surface area contributed by atoms with Crippen LogP contribution >= 0.6 is 0 Å². The van der Waals surface area contributed by atoms with E-state index in [0.29, 0.717) is 12.4 Å². The van der Waals surface area contributed by atoms with Gasteiger partial charge in [0, 0.05) is 6.54 Å². The van der Waals surface area contributed by atoms with Crippen molar-refractivity contribution in [2.75, 3.05) is 16.4 Å².